The molecule has 36 heavy (non-hydrogen) atoms. The molecule has 1 amide bonds. The minimum atomic E-state index is -3.56. The van der Waals surface area contributed by atoms with Crippen molar-refractivity contribution in [1.29, 1.82) is 0 Å². The van der Waals surface area contributed by atoms with Crippen LogP contribution >= 0.6 is 11.3 Å². The van der Waals surface area contributed by atoms with Crippen LogP contribution in [0.15, 0.2) is 47.4 Å². The van der Waals surface area contributed by atoms with E-state index in [1.807, 2.05) is 19.9 Å². The topological polar surface area (TPSA) is 97.2 Å². The van der Waals surface area contributed by atoms with Gasteiger partial charge in [-0.2, -0.15) is 14.1 Å². The lowest BCUT2D eigenvalue weighted by atomic mass is 9.97. The Balaban J connectivity index is 1.29. The van der Waals surface area contributed by atoms with Crippen LogP contribution in [0.3, 0.4) is 0 Å². The number of benzene rings is 2. The summed E-state index contributed by atoms with van der Waals surface area (Å²) in [5, 5.41) is 8.28. The summed E-state index contributed by atoms with van der Waals surface area (Å²) in [5.74, 6) is 0.162. The number of sulfonamides is 1. The standard InChI is InChI=1S/C26H29N5O3S2/c1-16-5-7-21(8-6-16)36(33,34)30-11-9-20(10-12-30)25(32)28-24-15-19(4)29-31(24)26-27-22-13-17(2)18(3)14-23(22)35-26/h5-8,13-15,20H,9-12H2,1-4H3,(H,28,32). The Morgan fingerprint density at radius 2 is 1.67 bits per heavy atom. The van der Waals surface area contributed by atoms with Crippen LogP contribution < -0.4 is 5.32 Å². The molecule has 1 fully saturated rings. The highest BCUT2D eigenvalue weighted by molar-refractivity contribution is 7.89. The zero-order valence-corrected chi connectivity index (χ0v) is 22.4. The SMILES string of the molecule is Cc1ccc(S(=O)(=O)N2CCC(C(=O)Nc3cc(C)nn3-c3nc4cc(C)c(C)cc4s3)CC2)cc1. The van der Waals surface area contributed by atoms with Crippen LogP contribution in [-0.2, 0) is 14.8 Å². The van der Waals surface area contributed by atoms with Gasteiger partial charge in [0.1, 0.15) is 5.82 Å². The first-order valence-corrected chi connectivity index (χ1v) is 14.2. The molecular formula is C26H29N5O3S2. The van der Waals surface area contributed by atoms with Crippen LogP contribution in [0.1, 0.15) is 35.2 Å². The molecule has 0 bridgehead atoms. The van der Waals surface area contributed by atoms with Crippen molar-refractivity contribution >= 4 is 43.3 Å². The molecule has 0 saturated carbocycles. The Kier molecular flexibility index (Phi) is 6.44. The predicted molar refractivity (Wildman–Crippen MR) is 142 cm³/mol. The molecular weight excluding hydrogens is 494 g/mol. The summed E-state index contributed by atoms with van der Waals surface area (Å²) < 4.78 is 30.2. The van der Waals surface area contributed by atoms with Crippen molar-refractivity contribution in [2.45, 2.75) is 45.4 Å². The number of piperidine rings is 1. The van der Waals surface area contributed by atoms with Crippen LogP contribution in [0.2, 0.25) is 0 Å². The van der Waals surface area contributed by atoms with E-state index >= 15 is 0 Å². The summed E-state index contributed by atoms with van der Waals surface area (Å²) in [6.07, 6.45) is 0.924. The summed E-state index contributed by atoms with van der Waals surface area (Å²) in [7, 11) is -3.56. The van der Waals surface area contributed by atoms with Gasteiger partial charge in [-0.05, 0) is 75.9 Å². The number of rotatable bonds is 5. The average molecular weight is 524 g/mol. The van der Waals surface area contributed by atoms with Crippen molar-refractivity contribution in [2.75, 3.05) is 18.4 Å². The van der Waals surface area contributed by atoms with Crippen LogP contribution in [0.25, 0.3) is 15.3 Å². The molecule has 1 N–H and O–H groups in total. The van der Waals surface area contributed by atoms with Crippen molar-refractivity contribution in [2.24, 2.45) is 5.92 Å². The van der Waals surface area contributed by atoms with Gasteiger partial charge in [0.25, 0.3) is 0 Å². The number of aryl methyl sites for hydroxylation is 4. The van der Waals surface area contributed by atoms with Crippen molar-refractivity contribution < 1.29 is 13.2 Å². The number of aromatic nitrogens is 3. The fourth-order valence-corrected chi connectivity index (χ4v) is 6.92. The minimum absolute atomic E-state index is 0.128. The van der Waals surface area contributed by atoms with Gasteiger partial charge in [-0.25, -0.2) is 13.4 Å². The van der Waals surface area contributed by atoms with Gasteiger partial charge in [0.2, 0.25) is 21.1 Å². The van der Waals surface area contributed by atoms with E-state index in [4.69, 9.17) is 4.98 Å². The number of carbonyl (C=O) groups is 1. The third-order valence-corrected chi connectivity index (χ3v) is 9.65. The smallest absolute Gasteiger partial charge is 0.243 e. The molecule has 2 aromatic heterocycles. The second kappa shape index (κ2) is 9.42. The Hall–Kier alpha value is -3.08. The predicted octanol–water partition coefficient (Wildman–Crippen LogP) is 4.76. The molecule has 0 unspecified atom stereocenters. The van der Waals surface area contributed by atoms with E-state index in [0.29, 0.717) is 36.9 Å². The molecule has 1 aliphatic heterocycles. The monoisotopic (exact) mass is 523 g/mol. The lowest BCUT2D eigenvalue weighted by Crippen LogP contribution is -2.41. The lowest BCUT2D eigenvalue weighted by molar-refractivity contribution is -0.120. The zero-order chi connectivity index (χ0) is 25.6. The third kappa shape index (κ3) is 4.68. The summed E-state index contributed by atoms with van der Waals surface area (Å²) in [4.78, 5) is 18.2. The fourth-order valence-electron chi connectivity index (χ4n) is 4.44. The number of fused-ring (bicyclic) bond motifs is 1. The fraction of sp³-hybridized carbons (Fsp3) is 0.346. The second-order valence-corrected chi connectivity index (χ2v) is 12.4. The Morgan fingerprint density at radius 3 is 2.36 bits per heavy atom. The Bertz CT molecular complexity index is 1510. The maximum Gasteiger partial charge on any atom is 0.243 e. The molecule has 188 valence electrons. The molecule has 0 spiro atoms. The molecule has 10 heteroatoms. The minimum Gasteiger partial charge on any atom is -0.310 e. The molecule has 5 rings (SSSR count). The van der Waals surface area contributed by atoms with Gasteiger partial charge in [0.05, 0.1) is 20.8 Å². The lowest BCUT2D eigenvalue weighted by Gasteiger charge is -2.30. The van der Waals surface area contributed by atoms with Gasteiger partial charge in [-0.3, -0.25) is 4.79 Å². The molecule has 0 aliphatic carbocycles. The largest absolute Gasteiger partial charge is 0.310 e. The molecule has 4 aromatic rings. The number of carbonyl (C=O) groups excluding carboxylic acids is 1. The van der Waals surface area contributed by atoms with Crippen molar-refractivity contribution in [3.8, 4) is 5.13 Å². The van der Waals surface area contributed by atoms with Crippen molar-refractivity contribution in [3.05, 3.63) is 64.8 Å². The van der Waals surface area contributed by atoms with Crippen LogP contribution in [0.5, 0.6) is 0 Å². The molecule has 1 saturated heterocycles. The highest BCUT2D eigenvalue weighted by Crippen LogP contribution is 2.30. The maximum atomic E-state index is 13.1. The van der Waals surface area contributed by atoms with Gasteiger partial charge >= 0.3 is 0 Å². The molecule has 1 aliphatic rings. The van der Waals surface area contributed by atoms with E-state index in [9.17, 15) is 13.2 Å². The summed E-state index contributed by atoms with van der Waals surface area (Å²) in [6, 6.07) is 12.9. The number of hydrogen-bond donors (Lipinski definition) is 1. The average Bonchev–Trinajstić information content (AvgIpc) is 3.42. The van der Waals surface area contributed by atoms with Crippen LogP contribution in [0.4, 0.5) is 5.82 Å². The maximum absolute atomic E-state index is 13.1. The van der Waals surface area contributed by atoms with E-state index in [1.165, 1.54) is 26.8 Å². The first-order chi connectivity index (χ1) is 17.1. The van der Waals surface area contributed by atoms with Crippen LogP contribution in [0, 0.1) is 33.6 Å². The first kappa shape index (κ1) is 24.6. The van der Waals surface area contributed by atoms with Gasteiger partial charge in [-0.1, -0.05) is 29.0 Å². The van der Waals surface area contributed by atoms with E-state index in [0.717, 1.165) is 21.5 Å². The van der Waals surface area contributed by atoms with Crippen molar-refractivity contribution in [1.82, 2.24) is 19.1 Å². The number of anilines is 1. The molecule has 0 atom stereocenters. The van der Waals surface area contributed by atoms with Crippen LogP contribution in [-0.4, -0.2) is 46.5 Å². The number of hydrogen-bond acceptors (Lipinski definition) is 6. The number of amides is 1. The van der Waals surface area contributed by atoms with E-state index in [2.05, 4.69) is 36.4 Å². The second-order valence-electron chi connectivity index (χ2n) is 9.46. The first-order valence-electron chi connectivity index (χ1n) is 11.9. The van der Waals surface area contributed by atoms with Gasteiger partial charge in [0, 0.05) is 25.1 Å². The van der Waals surface area contributed by atoms with E-state index in [-0.39, 0.29) is 16.7 Å². The van der Waals surface area contributed by atoms with Gasteiger partial charge < -0.3 is 5.32 Å². The van der Waals surface area contributed by atoms with Gasteiger partial charge in [-0.15, -0.1) is 0 Å². The van der Waals surface area contributed by atoms with E-state index in [1.54, 1.807) is 28.9 Å². The molecule has 2 aromatic carbocycles. The Labute approximate surface area is 215 Å². The third-order valence-electron chi connectivity index (χ3n) is 6.74. The summed E-state index contributed by atoms with van der Waals surface area (Å²) >= 11 is 1.53. The zero-order valence-electron chi connectivity index (χ0n) is 20.8. The Morgan fingerprint density at radius 1 is 1.00 bits per heavy atom. The number of nitrogens with one attached hydrogen (secondary N) is 1. The molecule has 3 heterocycles. The highest BCUT2D eigenvalue weighted by Gasteiger charge is 2.32. The number of thiazole rings is 1. The summed E-state index contributed by atoms with van der Waals surface area (Å²) in [5.41, 5.74) is 5.08. The molecule has 8 nitrogen and oxygen atoms in total. The normalized spacial score (nSPS) is 15.4. The van der Waals surface area contributed by atoms with Crippen molar-refractivity contribution in [3.63, 3.8) is 0 Å². The van der Waals surface area contributed by atoms with E-state index < -0.39 is 10.0 Å². The number of nitrogens with zero attached hydrogens (tertiary/aromatic N) is 4. The molecule has 0 radical (unpaired) electrons. The van der Waals surface area contributed by atoms with Gasteiger partial charge in [0.15, 0.2) is 0 Å². The quantitative estimate of drug-likeness (QED) is 0.407. The highest BCUT2D eigenvalue weighted by atomic mass is 32.2. The summed E-state index contributed by atoms with van der Waals surface area (Å²) in [6.45, 7) is 8.56.